The normalized spacial score (nSPS) is 11.3. The number of aryl methyl sites for hydroxylation is 2. The van der Waals surface area contributed by atoms with E-state index in [1.165, 1.54) is 18.2 Å². The van der Waals surface area contributed by atoms with Gasteiger partial charge in [-0.15, -0.1) is 0 Å². The Morgan fingerprint density at radius 3 is 2.56 bits per heavy atom. The summed E-state index contributed by atoms with van der Waals surface area (Å²) in [5.41, 5.74) is 3.93. The maximum atomic E-state index is 12.1. The first-order valence-corrected chi connectivity index (χ1v) is 8.02. The number of ether oxygens (including phenoxy) is 2. The molecule has 0 aromatic heterocycles. The number of nitriles is 1. The van der Waals surface area contributed by atoms with Crippen molar-refractivity contribution in [3.8, 4) is 17.6 Å². The number of carbonyl (C=O) groups excluding carboxylic acids is 1. The average molecular weight is 338 g/mol. The van der Waals surface area contributed by atoms with Gasteiger partial charge in [0, 0.05) is 6.07 Å². The van der Waals surface area contributed by atoms with E-state index in [-0.39, 0.29) is 18.6 Å². The van der Waals surface area contributed by atoms with E-state index in [0.717, 1.165) is 5.56 Å². The van der Waals surface area contributed by atoms with Gasteiger partial charge in [-0.25, -0.2) is 0 Å². The predicted octanol–water partition coefficient (Wildman–Crippen LogP) is 3.44. The van der Waals surface area contributed by atoms with Gasteiger partial charge in [0.15, 0.2) is 18.1 Å². The molecule has 2 aromatic carbocycles. The second kappa shape index (κ2) is 8.20. The maximum absolute atomic E-state index is 12.1. The number of rotatable bonds is 6. The molecule has 25 heavy (non-hydrogen) atoms. The molecule has 0 heterocycles. The zero-order valence-corrected chi connectivity index (χ0v) is 14.9. The largest absolute Gasteiger partial charge is 0.493 e. The third-order valence-electron chi connectivity index (χ3n) is 4.06. The second-order valence-electron chi connectivity index (χ2n) is 5.90. The predicted molar refractivity (Wildman–Crippen MR) is 95.7 cm³/mol. The molecule has 0 saturated carbocycles. The minimum absolute atomic E-state index is 0.113. The molecule has 5 nitrogen and oxygen atoms in total. The number of benzene rings is 2. The fourth-order valence-electron chi connectivity index (χ4n) is 2.40. The van der Waals surface area contributed by atoms with Gasteiger partial charge in [0.1, 0.15) is 0 Å². The Hall–Kier alpha value is -3.00. The Bertz CT molecular complexity index is 809. The van der Waals surface area contributed by atoms with E-state index in [1.807, 2.05) is 32.0 Å². The van der Waals surface area contributed by atoms with Crippen molar-refractivity contribution >= 4 is 5.91 Å². The molecular formula is C20H22N2O3. The van der Waals surface area contributed by atoms with Crippen molar-refractivity contribution < 1.29 is 14.3 Å². The average Bonchev–Trinajstić information content (AvgIpc) is 2.61. The molecule has 1 N–H and O–H groups in total. The van der Waals surface area contributed by atoms with Crippen molar-refractivity contribution in [2.24, 2.45) is 0 Å². The zero-order valence-electron chi connectivity index (χ0n) is 14.9. The van der Waals surface area contributed by atoms with Crippen LogP contribution in [0.1, 0.15) is 35.2 Å². The van der Waals surface area contributed by atoms with Crippen molar-refractivity contribution in [3.05, 3.63) is 58.7 Å². The summed E-state index contributed by atoms with van der Waals surface area (Å²) in [5.74, 6) is 0.627. The van der Waals surface area contributed by atoms with E-state index in [4.69, 9.17) is 14.7 Å². The lowest BCUT2D eigenvalue weighted by atomic mass is 10.0. The molecule has 2 aromatic rings. The molecule has 0 spiro atoms. The van der Waals surface area contributed by atoms with Gasteiger partial charge < -0.3 is 14.8 Å². The summed E-state index contributed by atoms with van der Waals surface area (Å²) in [4.78, 5) is 12.1. The third kappa shape index (κ3) is 4.74. The number of hydrogen-bond acceptors (Lipinski definition) is 4. The van der Waals surface area contributed by atoms with E-state index in [2.05, 4.69) is 18.3 Å². The lowest BCUT2D eigenvalue weighted by Gasteiger charge is -2.16. The number of amides is 1. The number of nitrogens with zero attached hydrogens (tertiary/aromatic N) is 1. The van der Waals surface area contributed by atoms with Crippen LogP contribution in [0.5, 0.6) is 11.5 Å². The summed E-state index contributed by atoms with van der Waals surface area (Å²) < 4.78 is 10.7. The van der Waals surface area contributed by atoms with Crippen molar-refractivity contribution in [1.29, 1.82) is 5.26 Å². The van der Waals surface area contributed by atoms with Gasteiger partial charge in [0.2, 0.25) is 0 Å². The highest BCUT2D eigenvalue weighted by Crippen LogP contribution is 2.27. The highest BCUT2D eigenvalue weighted by molar-refractivity contribution is 5.78. The first kappa shape index (κ1) is 18.3. The van der Waals surface area contributed by atoms with E-state index < -0.39 is 0 Å². The lowest BCUT2D eigenvalue weighted by Crippen LogP contribution is -2.31. The Balaban J connectivity index is 1.96. The molecule has 5 heteroatoms. The number of hydrogen-bond donors (Lipinski definition) is 1. The summed E-state index contributed by atoms with van der Waals surface area (Å²) in [5, 5.41) is 11.8. The van der Waals surface area contributed by atoms with Gasteiger partial charge in [-0.05, 0) is 49.6 Å². The minimum Gasteiger partial charge on any atom is -0.493 e. The first-order chi connectivity index (χ1) is 11.9. The molecule has 0 unspecified atom stereocenters. The van der Waals surface area contributed by atoms with Crippen LogP contribution in [-0.4, -0.2) is 19.6 Å². The van der Waals surface area contributed by atoms with Crippen LogP contribution < -0.4 is 14.8 Å². The van der Waals surface area contributed by atoms with Crippen molar-refractivity contribution in [2.45, 2.75) is 26.8 Å². The molecule has 0 saturated heterocycles. The number of carbonyl (C=O) groups is 1. The molecule has 0 aliphatic rings. The SMILES string of the molecule is COc1cc(C#N)ccc1OCC(=O)N[C@@H](C)c1ccc(C)c(C)c1. The molecule has 1 atom stereocenters. The van der Waals surface area contributed by atoms with E-state index in [9.17, 15) is 4.79 Å². The second-order valence-corrected chi connectivity index (χ2v) is 5.90. The van der Waals surface area contributed by atoms with E-state index in [1.54, 1.807) is 18.2 Å². The van der Waals surface area contributed by atoms with Gasteiger partial charge in [-0.1, -0.05) is 18.2 Å². The Kier molecular flexibility index (Phi) is 6.02. The van der Waals surface area contributed by atoms with E-state index >= 15 is 0 Å². The molecule has 130 valence electrons. The summed E-state index contributed by atoms with van der Waals surface area (Å²) >= 11 is 0. The fraction of sp³-hybridized carbons (Fsp3) is 0.300. The van der Waals surface area contributed by atoms with Crippen LogP contribution in [0.4, 0.5) is 0 Å². The van der Waals surface area contributed by atoms with Crippen LogP contribution in [0.15, 0.2) is 36.4 Å². The van der Waals surface area contributed by atoms with Crippen molar-refractivity contribution in [1.82, 2.24) is 5.32 Å². The molecule has 0 radical (unpaired) electrons. The van der Waals surface area contributed by atoms with Gasteiger partial charge in [-0.3, -0.25) is 4.79 Å². The highest BCUT2D eigenvalue weighted by Gasteiger charge is 2.12. The molecule has 0 aliphatic heterocycles. The molecule has 0 bridgehead atoms. The fourth-order valence-corrected chi connectivity index (χ4v) is 2.40. The van der Waals surface area contributed by atoms with Gasteiger partial charge in [-0.2, -0.15) is 5.26 Å². The Morgan fingerprint density at radius 2 is 1.92 bits per heavy atom. The Labute approximate surface area is 148 Å². The smallest absolute Gasteiger partial charge is 0.258 e. The van der Waals surface area contributed by atoms with Crippen molar-refractivity contribution in [3.63, 3.8) is 0 Å². The molecule has 0 aliphatic carbocycles. The summed E-state index contributed by atoms with van der Waals surface area (Å²) in [6.07, 6.45) is 0. The monoisotopic (exact) mass is 338 g/mol. The first-order valence-electron chi connectivity index (χ1n) is 8.02. The number of methoxy groups -OCH3 is 1. The van der Waals surface area contributed by atoms with Crippen LogP contribution in [0, 0.1) is 25.2 Å². The highest BCUT2D eigenvalue weighted by atomic mass is 16.5. The molecule has 2 rings (SSSR count). The van der Waals surface area contributed by atoms with Crippen molar-refractivity contribution in [2.75, 3.05) is 13.7 Å². The topological polar surface area (TPSA) is 71.3 Å². The van der Waals surface area contributed by atoms with Gasteiger partial charge in [0.25, 0.3) is 5.91 Å². The minimum atomic E-state index is -0.225. The summed E-state index contributed by atoms with van der Waals surface area (Å²) in [6.45, 7) is 5.91. The summed E-state index contributed by atoms with van der Waals surface area (Å²) in [6, 6.07) is 12.9. The van der Waals surface area contributed by atoms with Crippen LogP contribution >= 0.6 is 0 Å². The molecule has 1 amide bonds. The van der Waals surface area contributed by atoms with E-state index in [0.29, 0.717) is 17.1 Å². The van der Waals surface area contributed by atoms with Crippen LogP contribution in [0.2, 0.25) is 0 Å². The number of nitrogens with one attached hydrogen (secondary N) is 1. The van der Waals surface area contributed by atoms with Crippen LogP contribution in [0.3, 0.4) is 0 Å². The van der Waals surface area contributed by atoms with Crippen LogP contribution in [-0.2, 0) is 4.79 Å². The summed E-state index contributed by atoms with van der Waals surface area (Å²) in [7, 11) is 1.49. The quantitative estimate of drug-likeness (QED) is 0.876. The third-order valence-corrected chi connectivity index (χ3v) is 4.06. The van der Waals surface area contributed by atoms with Crippen LogP contribution in [0.25, 0.3) is 0 Å². The standard InChI is InChI=1S/C20H22N2O3/c1-13-5-7-17(9-14(13)2)15(3)22-20(23)12-25-18-8-6-16(11-21)10-19(18)24-4/h5-10,15H,12H2,1-4H3,(H,22,23)/t15-/m0/s1. The molecular weight excluding hydrogens is 316 g/mol. The Morgan fingerprint density at radius 1 is 1.16 bits per heavy atom. The maximum Gasteiger partial charge on any atom is 0.258 e. The van der Waals surface area contributed by atoms with Gasteiger partial charge in [0.05, 0.1) is 24.8 Å². The molecule has 0 fully saturated rings. The van der Waals surface area contributed by atoms with Gasteiger partial charge >= 0.3 is 0 Å². The lowest BCUT2D eigenvalue weighted by molar-refractivity contribution is -0.123. The zero-order chi connectivity index (χ0) is 18.4.